The summed E-state index contributed by atoms with van der Waals surface area (Å²) in [6.07, 6.45) is 6.17. The van der Waals surface area contributed by atoms with Crippen LogP contribution in [0.2, 0.25) is 0 Å². The Morgan fingerprint density at radius 3 is 2.92 bits per heavy atom. The van der Waals surface area contributed by atoms with Crippen LogP contribution in [-0.2, 0) is 33.7 Å². The van der Waals surface area contributed by atoms with E-state index in [1.165, 1.54) is 18.1 Å². The maximum absolute atomic E-state index is 14.7. The Labute approximate surface area is 214 Å². The van der Waals surface area contributed by atoms with E-state index < -0.39 is 6.04 Å². The van der Waals surface area contributed by atoms with Gasteiger partial charge < -0.3 is 14.8 Å². The zero-order valence-corrected chi connectivity index (χ0v) is 21.9. The van der Waals surface area contributed by atoms with Gasteiger partial charge in [-0.1, -0.05) is 18.2 Å². The fourth-order valence-corrected chi connectivity index (χ4v) is 5.20. The summed E-state index contributed by atoms with van der Waals surface area (Å²) >= 11 is 0. The van der Waals surface area contributed by atoms with Crippen LogP contribution in [0.15, 0.2) is 30.3 Å². The summed E-state index contributed by atoms with van der Waals surface area (Å²) in [5.41, 5.74) is 3.63. The number of unbranched alkanes of at least 4 members (excludes halogenated alkanes) is 1. The van der Waals surface area contributed by atoms with Crippen LogP contribution in [0, 0.1) is 5.82 Å². The van der Waals surface area contributed by atoms with E-state index in [0.29, 0.717) is 24.3 Å². The first-order valence-electron chi connectivity index (χ1n) is 13.4. The van der Waals surface area contributed by atoms with Crippen molar-refractivity contribution in [3.8, 4) is 0 Å². The molecule has 0 aliphatic carbocycles. The molecule has 2 aliphatic rings. The molecule has 6 nitrogen and oxygen atoms in total. The van der Waals surface area contributed by atoms with Crippen molar-refractivity contribution >= 4 is 11.6 Å². The third-order valence-corrected chi connectivity index (χ3v) is 7.07. The lowest BCUT2D eigenvalue weighted by Crippen LogP contribution is -2.33. The molecule has 1 aromatic carbocycles. The monoisotopic (exact) mass is 497 g/mol. The zero-order chi connectivity index (χ0) is 25.5. The molecule has 0 radical (unpaired) electrons. The van der Waals surface area contributed by atoms with Crippen molar-refractivity contribution < 1.29 is 18.7 Å². The Morgan fingerprint density at radius 2 is 2.11 bits per heavy atom. The second kappa shape index (κ2) is 12.7. The molecule has 1 fully saturated rings. The molecule has 0 bridgehead atoms. The van der Waals surface area contributed by atoms with E-state index in [1.54, 1.807) is 13.0 Å². The van der Waals surface area contributed by atoms with Crippen LogP contribution in [0.4, 0.5) is 10.2 Å². The Hall–Kier alpha value is -2.35. The molecule has 2 aromatic rings. The lowest BCUT2D eigenvalue weighted by atomic mass is 9.96. The minimum Gasteiger partial charge on any atom is -0.377 e. The lowest BCUT2D eigenvalue weighted by Gasteiger charge is -2.28. The number of hydrogen-bond acceptors (Lipinski definition) is 6. The predicted molar refractivity (Wildman–Crippen MR) is 140 cm³/mol. The number of nitrogens with zero attached hydrogens (tertiary/aromatic N) is 2. The number of Topliss-reactive ketones (excluding diaryl/α,β-unsaturated/α-hetero) is 1. The highest BCUT2D eigenvalue weighted by atomic mass is 19.1. The molecule has 2 aliphatic heterocycles. The predicted octanol–water partition coefficient (Wildman–Crippen LogP) is 5.25. The molecular weight excluding hydrogens is 457 g/mol. The fourth-order valence-electron chi connectivity index (χ4n) is 5.20. The number of ketones is 1. The summed E-state index contributed by atoms with van der Waals surface area (Å²) in [6, 6.07) is 8.84. The number of ether oxygens (including phenoxy) is 2. The Morgan fingerprint density at radius 1 is 1.25 bits per heavy atom. The average molecular weight is 498 g/mol. The summed E-state index contributed by atoms with van der Waals surface area (Å²) in [7, 11) is 0. The largest absolute Gasteiger partial charge is 0.377 e. The minimum absolute atomic E-state index is 0.0130. The van der Waals surface area contributed by atoms with Crippen molar-refractivity contribution in [3.05, 3.63) is 58.5 Å². The van der Waals surface area contributed by atoms with E-state index in [2.05, 4.69) is 22.3 Å². The number of hydrogen-bond donors (Lipinski definition) is 1. The van der Waals surface area contributed by atoms with Crippen molar-refractivity contribution in [1.82, 2.24) is 9.88 Å². The van der Waals surface area contributed by atoms with Gasteiger partial charge in [-0.2, -0.15) is 0 Å². The Kier molecular flexibility index (Phi) is 9.46. The summed E-state index contributed by atoms with van der Waals surface area (Å²) in [5, 5.41) is 3.40. The van der Waals surface area contributed by atoms with Crippen LogP contribution in [0.25, 0.3) is 0 Å². The second-order valence-electron chi connectivity index (χ2n) is 10.3. The molecule has 0 saturated carbocycles. The molecule has 1 unspecified atom stereocenters. The molecule has 0 amide bonds. The standard InChI is InChI=1S/C29H40FN3O3/c1-20(2)36-19-26-25(10-6-11-27(26)30)28(21(3)34)33-16-14-24(18-33)35-17-5-4-9-23-13-12-22-8-7-15-31-29(22)32-23/h6,10-13,20,24,28H,4-5,7-9,14-19H2,1-3H3,(H,31,32)/t24-,28?/m1/s1. The van der Waals surface area contributed by atoms with Crippen LogP contribution >= 0.6 is 0 Å². The van der Waals surface area contributed by atoms with E-state index in [0.717, 1.165) is 56.7 Å². The molecule has 1 N–H and O–H groups in total. The number of aromatic nitrogens is 1. The molecule has 0 spiro atoms. The highest BCUT2D eigenvalue weighted by molar-refractivity contribution is 5.83. The molecule has 7 heteroatoms. The van der Waals surface area contributed by atoms with Crippen LogP contribution in [-0.4, -0.2) is 54.1 Å². The van der Waals surface area contributed by atoms with Crippen LogP contribution in [0.5, 0.6) is 0 Å². The van der Waals surface area contributed by atoms with Gasteiger partial charge in [-0.05, 0) is 82.6 Å². The number of likely N-dealkylation sites (tertiary alicyclic amines) is 1. The van der Waals surface area contributed by atoms with Gasteiger partial charge in [-0.25, -0.2) is 9.37 Å². The Bertz CT molecular complexity index is 1030. The number of nitrogens with one attached hydrogen (secondary N) is 1. The van der Waals surface area contributed by atoms with E-state index in [1.807, 2.05) is 19.9 Å². The number of carbonyl (C=O) groups is 1. The van der Waals surface area contributed by atoms with Gasteiger partial charge >= 0.3 is 0 Å². The molecule has 2 atom stereocenters. The number of rotatable bonds is 12. The van der Waals surface area contributed by atoms with E-state index in [9.17, 15) is 9.18 Å². The maximum Gasteiger partial charge on any atom is 0.151 e. The molecule has 4 rings (SSSR count). The third kappa shape index (κ3) is 6.90. The van der Waals surface area contributed by atoms with Crippen LogP contribution in [0.1, 0.15) is 74.9 Å². The number of fused-ring (bicyclic) bond motifs is 1. The molecule has 1 aromatic heterocycles. The van der Waals surface area contributed by atoms with Gasteiger partial charge in [-0.15, -0.1) is 0 Å². The third-order valence-electron chi connectivity index (χ3n) is 7.07. The van der Waals surface area contributed by atoms with Gasteiger partial charge in [-0.3, -0.25) is 9.69 Å². The number of halogens is 1. The van der Waals surface area contributed by atoms with Crippen molar-refractivity contribution in [2.45, 2.75) is 84.2 Å². The number of anilines is 1. The zero-order valence-electron chi connectivity index (χ0n) is 21.9. The van der Waals surface area contributed by atoms with Crippen molar-refractivity contribution in [1.29, 1.82) is 0 Å². The average Bonchev–Trinajstić information content (AvgIpc) is 3.31. The molecular formula is C29H40FN3O3. The normalized spacial score (nSPS) is 18.8. The first-order valence-corrected chi connectivity index (χ1v) is 13.4. The molecule has 1 saturated heterocycles. The summed E-state index contributed by atoms with van der Waals surface area (Å²) < 4.78 is 26.6. The fraction of sp³-hybridized carbons (Fsp3) is 0.586. The van der Waals surface area contributed by atoms with Gasteiger partial charge in [0.2, 0.25) is 0 Å². The topological polar surface area (TPSA) is 63.7 Å². The van der Waals surface area contributed by atoms with E-state index in [-0.39, 0.29) is 30.4 Å². The number of aryl methyl sites for hydroxylation is 2. The Balaban J connectivity index is 1.27. The van der Waals surface area contributed by atoms with Gasteiger partial charge in [0.15, 0.2) is 5.78 Å². The highest BCUT2D eigenvalue weighted by Crippen LogP contribution is 2.31. The summed E-state index contributed by atoms with van der Waals surface area (Å²) in [5.74, 6) is 0.743. The molecule has 196 valence electrons. The number of carbonyl (C=O) groups excluding carboxylic acids is 1. The van der Waals surface area contributed by atoms with Crippen molar-refractivity contribution in [2.75, 3.05) is 31.6 Å². The summed E-state index contributed by atoms with van der Waals surface area (Å²) in [6.45, 7) is 8.71. The summed E-state index contributed by atoms with van der Waals surface area (Å²) in [4.78, 5) is 19.6. The second-order valence-corrected chi connectivity index (χ2v) is 10.3. The number of pyridine rings is 1. The van der Waals surface area contributed by atoms with Gasteiger partial charge in [0.1, 0.15) is 11.6 Å². The maximum atomic E-state index is 14.7. The van der Waals surface area contributed by atoms with Crippen molar-refractivity contribution in [3.63, 3.8) is 0 Å². The van der Waals surface area contributed by atoms with Gasteiger partial charge in [0, 0.05) is 37.5 Å². The van der Waals surface area contributed by atoms with E-state index >= 15 is 0 Å². The molecule has 36 heavy (non-hydrogen) atoms. The minimum atomic E-state index is -0.483. The smallest absolute Gasteiger partial charge is 0.151 e. The SMILES string of the molecule is CC(=O)C(c1cccc(F)c1COC(C)C)N1CC[C@@H](OCCCCc2ccc3c(n2)NCCC3)C1. The highest BCUT2D eigenvalue weighted by Gasteiger charge is 2.34. The van der Waals surface area contributed by atoms with Crippen LogP contribution < -0.4 is 5.32 Å². The first kappa shape index (κ1) is 26.7. The van der Waals surface area contributed by atoms with E-state index in [4.69, 9.17) is 14.5 Å². The van der Waals surface area contributed by atoms with Crippen molar-refractivity contribution in [2.24, 2.45) is 0 Å². The quantitative estimate of drug-likeness (QED) is 0.404. The lowest BCUT2D eigenvalue weighted by molar-refractivity contribution is -0.122. The van der Waals surface area contributed by atoms with Gasteiger partial charge in [0.05, 0.1) is 24.9 Å². The number of benzene rings is 1. The molecule has 3 heterocycles. The van der Waals surface area contributed by atoms with Crippen LogP contribution in [0.3, 0.4) is 0 Å². The van der Waals surface area contributed by atoms with Gasteiger partial charge in [0.25, 0.3) is 0 Å². The first-order chi connectivity index (χ1) is 17.4.